The minimum Gasteiger partial charge on any atom is -0.340 e. The summed E-state index contributed by atoms with van der Waals surface area (Å²) in [6, 6.07) is 10.6. The standard InChI is InChI=1S/C28H29N5O3S/c34-26(24-13-16-4-1-2-5-23(16)37-24)31-21-12-18-10-17(18)11-20-6-7-22(33(20)27(21)35)28(36)32-14-19(15-32)25-29-8-3-9-30-25/h1-5,8-9,13,17-22H,6-7,10-12,14-15H2,(H,31,34)/t17-,18+,20-,21+,22+/m1/s1. The predicted octanol–water partition coefficient (Wildman–Crippen LogP) is 3.21. The van der Waals surface area contributed by atoms with Crippen LogP contribution >= 0.6 is 11.3 Å². The fourth-order valence-electron chi connectivity index (χ4n) is 6.51. The Morgan fingerprint density at radius 1 is 0.973 bits per heavy atom. The van der Waals surface area contributed by atoms with E-state index in [1.165, 1.54) is 11.3 Å². The molecule has 7 rings (SSSR count). The summed E-state index contributed by atoms with van der Waals surface area (Å²) in [6.45, 7) is 1.17. The zero-order chi connectivity index (χ0) is 25.1. The molecule has 5 atom stereocenters. The lowest BCUT2D eigenvalue weighted by Crippen LogP contribution is -2.59. The van der Waals surface area contributed by atoms with Crippen LogP contribution in [0.15, 0.2) is 48.8 Å². The van der Waals surface area contributed by atoms with Crippen LogP contribution in [0.5, 0.6) is 0 Å². The highest BCUT2D eigenvalue weighted by atomic mass is 32.1. The number of fused-ring (bicyclic) bond motifs is 3. The molecular formula is C28H29N5O3S. The van der Waals surface area contributed by atoms with Crippen LogP contribution in [-0.4, -0.2) is 68.7 Å². The summed E-state index contributed by atoms with van der Waals surface area (Å²) in [4.78, 5) is 53.7. The highest BCUT2D eigenvalue weighted by Gasteiger charge is 2.52. The molecule has 4 aliphatic rings. The van der Waals surface area contributed by atoms with Gasteiger partial charge >= 0.3 is 0 Å². The highest BCUT2D eigenvalue weighted by molar-refractivity contribution is 7.20. The van der Waals surface area contributed by atoms with E-state index in [1.54, 1.807) is 18.5 Å². The summed E-state index contributed by atoms with van der Waals surface area (Å²) < 4.78 is 1.05. The van der Waals surface area contributed by atoms with Crippen LogP contribution in [0, 0.1) is 11.8 Å². The Balaban J connectivity index is 1.08. The largest absolute Gasteiger partial charge is 0.340 e. The SMILES string of the molecule is O=C(N[C@H]1C[C@@H]2C[C@@H]2C[C@H]2CC[C@@H](C(=O)N3CC(c4ncccn4)C3)N2C1=O)c1cc2ccccc2s1. The quantitative estimate of drug-likeness (QED) is 0.576. The van der Waals surface area contributed by atoms with Gasteiger partial charge in [0.15, 0.2) is 0 Å². The highest BCUT2D eigenvalue weighted by Crippen LogP contribution is 2.49. The van der Waals surface area contributed by atoms with Crippen molar-refractivity contribution in [3.05, 3.63) is 59.5 Å². The van der Waals surface area contributed by atoms with E-state index in [-0.39, 0.29) is 29.7 Å². The topological polar surface area (TPSA) is 95.5 Å². The molecule has 3 amide bonds. The fraction of sp³-hybridized carbons (Fsp3) is 0.464. The molecule has 3 aromatic rings. The zero-order valence-electron chi connectivity index (χ0n) is 20.5. The maximum Gasteiger partial charge on any atom is 0.262 e. The zero-order valence-corrected chi connectivity index (χ0v) is 21.3. The molecule has 3 aliphatic heterocycles. The van der Waals surface area contributed by atoms with Gasteiger partial charge in [0.1, 0.15) is 17.9 Å². The lowest BCUT2D eigenvalue weighted by atomic mass is 9.97. The number of carbonyl (C=O) groups is 3. The van der Waals surface area contributed by atoms with Crippen LogP contribution in [0.3, 0.4) is 0 Å². The molecule has 5 heterocycles. The second kappa shape index (κ2) is 8.90. The van der Waals surface area contributed by atoms with Crippen molar-refractivity contribution in [1.82, 2.24) is 25.1 Å². The normalized spacial score (nSPS) is 29.2. The molecule has 190 valence electrons. The number of thiophene rings is 1. The number of likely N-dealkylation sites (tertiary alicyclic amines) is 1. The third-order valence-corrected chi connectivity index (χ3v) is 9.74. The molecule has 3 saturated heterocycles. The third kappa shape index (κ3) is 4.09. The van der Waals surface area contributed by atoms with E-state index >= 15 is 0 Å². The molecule has 1 N–H and O–H groups in total. The van der Waals surface area contributed by atoms with Gasteiger partial charge in [-0.15, -0.1) is 11.3 Å². The van der Waals surface area contributed by atoms with Gasteiger partial charge in [0.2, 0.25) is 11.8 Å². The van der Waals surface area contributed by atoms with E-state index in [0.717, 1.165) is 35.2 Å². The van der Waals surface area contributed by atoms with Gasteiger partial charge in [0, 0.05) is 36.2 Å². The Hall–Kier alpha value is -3.33. The van der Waals surface area contributed by atoms with Gasteiger partial charge in [-0.3, -0.25) is 14.4 Å². The molecule has 0 bridgehead atoms. The second-order valence-corrected chi connectivity index (χ2v) is 12.0. The van der Waals surface area contributed by atoms with Crippen molar-refractivity contribution in [2.24, 2.45) is 11.8 Å². The number of hydrogen-bond donors (Lipinski definition) is 1. The average molecular weight is 516 g/mol. The van der Waals surface area contributed by atoms with Crippen LogP contribution in [0.4, 0.5) is 0 Å². The van der Waals surface area contributed by atoms with Gasteiger partial charge in [0.25, 0.3) is 5.91 Å². The smallest absolute Gasteiger partial charge is 0.262 e. The molecule has 8 nitrogen and oxygen atoms in total. The van der Waals surface area contributed by atoms with Gasteiger partial charge < -0.3 is 15.1 Å². The summed E-state index contributed by atoms with van der Waals surface area (Å²) in [5.74, 6) is 1.70. The lowest BCUT2D eigenvalue weighted by Gasteiger charge is -2.42. The van der Waals surface area contributed by atoms with Crippen LogP contribution in [0.2, 0.25) is 0 Å². The number of nitrogens with zero attached hydrogens (tertiary/aromatic N) is 4. The number of benzene rings is 1. The monoisotopic (exact) mass is 515 g/mol. The van der Waals surface area contributed by atoms with Crippen LogP contribution < -0.4 is 5.32 Å². The minimum absolute atomic E-state index is 0.0190. The maximum absolute atomic E-state index is 13.9. The Morgan fingerprint density at radius 2 is 1.76 bits per heavy atom. The summed E-state index contributed by atoms with van der Waals surface area (Å²) in [7, 11) is 0. The number of hydrogen-bond acceptors (Lipinski definition) is 6. The first kappa shape index (κ1) is 22.8. The summed E-state index contributed by atoms with van der Waals surface area (Å²) in [5.41, 5.74) is 0. The Kier molecular flexibility index (Phi) is 5.49. The van der Waals surface area contributed by atoms with Gasteiger partial charge in [-0.2, -0.15) is 0 Å². The number of carbonyl (C=O) groups excluding carboxylic acids is 3. The molecule has 4 fully saturated rings. The van der Waals surface area contributed by atoms with Crippen LogP contribution in [0.25, 0.3) is 10.1 Å². The fourth-order valence-corrected chi connectivity index (χ4v) is 7.47. The van der Waals surface area contributed by atoms with E-state index in [1.807, 2.05) is 40.1 Å². The first-order chi connectivity index (χ1) is 18.0. The molecule has 37 heavy (non-hydrogen) atoms. The Bertz CT molecular complexity index is 1340. The number of amides is 3. The summed E-state index contributed by atoms with van der Waals surface area (Å²) in [5, 5.41) is 4.10. The Morgan fingerprint density at radius 3 is 2.57 bits per heavy atom. The average Bonchev–Trinajstić information content (AvgIpc) is 3.26. The molecule has 2 aromatic heterocycles. The summed E-state index contributed by atoms with van der Waals surface area (Å²) in [6.07, 6.45) is 7.72. The predicted molar refractivity (Wildman–Crippen MR) is 139 cm³/mol. The second-order valence-electron chi connectivity index (χ2n) is 10.9. The van der Waals surface area contributed by atoms with E-state index in [4.69, 9.17) is 0 Å². The van der Waals surface area contributed by atoms with Crippen LogP contribution in [-0.2, 0) is 9.59 Å². The van der Waals surface area contributed by atoms with E-state index < -0.39 is 12.1 Å². The van der Waals surface area contributed by atoms with Crippen molar-refractivity contribution in [3.63, 3.8) is 0 Å². The van der Waals surface area contributed by atoms with Gasteiger partial charge in [-0.1, -0.05) is 18.2 Å². The van der Waals surface area contributed by atoms with Crippen molar-refractivity contribution < 1.29 is 14.4 Å². The molecule has 0 unspecified atom stereocenters. The van der Waals surface area contributed by atoms with Crippen molar-refractivity contribution in [2.45, 2.75) is 56.1 Å². The first-order valence-electron chi connectivity index (χ1n) is 13.2. The lowest BCUT2D eigenvalue weighted by molar-refractivity contribution is -0.149. The van der Waals surface area contributed by atoms with Crippen molar-refractivity contribution >= 4 is 39.1 Å². The van der Waals surface area contributed by atoms with E-state index in [2.05, 4.69) is 15.3 Å². The molecule has 1 aliphatic carbocycles. The molecule has 0 spiro atoms. The molecule has 1 aromatic carbocycles. The van der Waals surface area contributed by atoms with Crippen molar-refractivity contribution in [2.75, 3.05) is 13.1 Å². The number of rotatable bonds is 4. The van der Waals surface area contributed by atoms with Crippen molar-refractivity contribution in [1.29, 1.82) is 0 Å². The van der Waals surface area contributed by atoms with Crippen molar-refractivity contribution in [3.8, 4) is 0 Å². The third-order valence-electron chi connectivity index (χ3n) is 8.62. The molecule has 0 radical (unpaired) electrons. The molecule has 1 saturated carbocycles. The first-order valence-corrected chi connectivity index (χ1v) is 14.0. The van der Waals surface area contributed by atoms with E-state index in [9.17, 15) is 14.4 Å². The van der Waals surface area contributed by atoms with Crippen LogP contribution in [0.1, 0.15) is 53.5 Å². The number of nitrogens with one attached hydrogen (secondary N) is 1. The van der Waals surface area contributed by atoms with E-state index in [0.29, 0.717) is 42.6 Å². The summed E-state index contributed by atoms with van der Waals surface area (Å²) >= 11 is 1.45. The van der Waals surface area contributed by atoms with Gasteiger partial charge in [-0.25, -0.2) is 9.97 Å². The van der Waals surface area contributed by atoms with Gasteiger partial charge in [-0.05, 0) is 67.5 Å². The minimum atomic E-state index is -0.592. The Labute approximate surface area is 219 Å². The molecule has 9 heteroatoms. The molecular weight excluding hydrogens is 486 g/mol. The maximum atomic E-state index is 13.9. The number of aromatic nitrogens is 2. The van der Waals surface area contributed by atoms with Gasteiger partial charge in [0.05, 0.1) is 10.8 Å².